The van der Waals surface area contributed by atoms with Crippen LogP contribution in [0.5, 0.6) is 0 Å². The molecule has 0 amide bonds. The SMILES string of the molecule is Cc1nc2c(c(C)c1C)c(C)c(C)c1c(C)c(C)c(C)nc12. The number of aromatic nitrogens is 2. The molecule has 0 unspecified atom stereocenters. The van der Waals surface area contributed by atoms with E-state index in [9.17, 15) is 0 Å². The van der Waals surface area contributed by atoms with E-state index in [1.165, 1.54) is 44.2 Å². The van der Waals surface area contributed by atoms with Gasteiger partial charge in [-0.3, -0.25) is 9.97 Å². The van der Waals surface area contributed by atoms with E-state index in [4.69, 9.17) is 9.97 Å². The first kappa shape index (κ1) is 15.0. The van der Waals surface area contributed by atoms with Gasteiger partial charge in [0, 0.05) is 22.2 Å². The van der Waals surface area contributed by atoms with Crippen molar-refractivity contribution in [3.05, 3.63) is 44.8 Å². The van der Waals surface area contributed by atoms with E-state index in [-0.39, 0.29) is 0 Å². The molecular formula is C20H24N2. The van der Waals surface area contributed by atoms with Crippen molar-refractivity contribution in [2.45, 2.75) is 55.4 Å². The quantitative estimate of drug-likeness (QED) is 0.529. The van der Waals surface area contributed by atoms with Crippen molar-refractivity contribution in [3.8, 4) is 0 Å². The van der Waals surface area contributed by atoms with E-state index < -0.39 is 0 Å². The number of nitrogens with zero attached hydrogens (tertiary/aromatic N) is 2. The number of benzene rings is 1. The molecular weight excluding hydrogens is 268 g/mol. The Balaban J connectivity index is 2.74. The van der Waals surface area contributed by atoms with Gasteiger partial charge in [0.1, 0.15) is 0 Å². The first-order valence-electron chi connectivity index (χ1n) is 7.89. The van der Waals surface area contributed by atoms with Gasteiger partial charge in [-0.05, 0) is 88.8 Å². The number of aryl methyl sites for hydroxylation is 6. The van der Waals surface area contributed by atoms with E-state index in [2.05, 4.69) is 55.4 Å². The van der Waals surface area contributed by atoms with Crippen LogP contribution >= 0.6 is 0 Å². The first-order valence-corrected chi connectivity index (χ1v) is 7.89. The van der Waals surface area contributed by atoms with Crippen molar-refractivity contribution in [1.82, 2.24) is 9.97 Å². The molecule has 1 aromatic carbocycles. The lowest BCUT2D eigenvalue weighted by Gasteiger charge is -2.18. The smallest absolute Gasteiger partial charge is 0.0973 e. The summed E-state index contributed by atoms with van der Waals surface area (Å²) in [6.45, 7) is 17.4. The molecule has 0 radical (unpaired) electrons. The minimum atomic E-state index is 1.06. The Labute approximate surface area is 132 Å². The molecule has 2 heterocycles. The molecule has 22 heavy (non-hydrogen) atoms. The summed E-state index contributed by atoms with van der Waals surface area (Å²) in [5.41, 5.74) is 12.2. The second kappa shape index (κ2) is 4.77. The summed E-state index contributed by atoms with van der Waals surface area (Å²) in [5, 5.41) is 2.56. The average Bonchev–Trinajstić information content (AvgIpc) is 2.47. The molecule has 2 heteroatoms. The summed E-state index contributed by atoms with van der Waals surface area (Å²) < 4.78 is 0. The number of hydrogen-bond donors (Lipinski definition) is 0. The van der Waals surface area contributed by atoms with E-state index in [0.717, 1.165) is 22.4 Å². The second-order valence-electron chi connectivity index (χ2n) is 6.59. The van der Waals surface area contributed by atoms with Crippen LogP contribution in [0.1, 0.15) is 44.8 Å². The van der Waals surface area contributed by atoms with Crippen molar-refractivity contribution in [1.29, 1.82) is 0 Å². The van der Waals surface area contributed by atoms with E-state index >= 15 is 0 Å². The lowest BCUT2D eigenvalue weighted by Crippen LogP contribution is -2.03. The number of pyridine rings is 2. The minimum Gasteiger partial charge on any atom is -0.251 e. The van der Waals surface area contributed by atoms with Crippen LogP contribution in [-0.4, -0.2) is 9.97 Å². The zero-order valence-corrected chi connectivity index (χ0v) is 14.9. The van der Waals surface area contributed by atoms with Gasteiger partial charge in [0.25, 0.3) is 0 Å². The lowest BCUT2D eigenvalue weighted by molar-refractivity contribution is 1.14. The molecule has 0 atom stereocenters. The molecule has 0 fully saturated rings. The van der Waals surface area contributed by atoms with Crippen molar-refractivity contribution in [3.63, 3.8) is 0 Å². The van der Waals surface area contributed by atoms with Gasteiger partial charge in [-0.1, -0.05) is 0 Å². The summed E-state index contributed by atoms with van der Waals surface area (Å²) in [6.07, 6.45) is 0. The summed E-state index contributed by atoms with van der Waals surface area (Å²) in [5.74, 6) is 0. The summed E-state index contributed by atoms with van der Waals surface area (Å²) in [4.78, 5) is 9.83. The second-order valence-corrected chi connectivity index (χ2v) is 6.59. The fraction of sp³-hybridized carbons (Fsp3) is 0.400. The van der Waals surface area contributed by atoms with Gasteiger partial charge in [-0.25, -0.2) is 0 Å². The third kappa shape index (κ3) is 1.79. The first-order chi connectivity index (χ1) is 10.3. The third-order valence-corrected chi connectivity index (χ3v) is 5.53. The maximum Gasteiger partial charge on any atom is 0.0973 e. The molecule has 0 N–H and O–H groups in total. The third-order valence-electron chi connectivity index (χ3n) is 5.53. The zero-order chi connectivity index (χ0) is 16.3. The van der Waals surface area contributed by atoms with E-state index in [1.54, 1.807) is 0 Å². The lowest BCUT2D eigenvalue weighted by atomic mass is 9.90. The Hall–Kier alpha value is -1.96. The average molecular weight is 292 g/mol. The molecule has 3 rings (SSSR count). The number of hydrogen-bond acceptors (Lipinski definition) is 2. The van der Waals surface area contributed by atoms with Gasteiger partial charge < -0.3 is 0 Å². The topological polar surface area (TPSA) is 25.8 Å². The Morgan fingerprint density at radius 1 is 0.409 bits per heavy atom. The predicted octanol–water partition coefficient (Wildman–Crippen LogP) is 5.25. The Kier molecular flexibility index (Phi) is 3.24. The molecule has 0 saturated heterocycles. The maximum absolute atomic E-state index is 4.92. The monoisotopic (exact) mass is 292 g/mol. The van der Waals surface area contributed by atoms with Crippen LogP contribution < -0.4 is 0 Å². The van der Waals surface area contributed by atoms with Crippen LogP contribution in [0.25, 0.3) is 21.8 Å². The van der Waals surface area contributed by atoms with Crippen molar-refractivity contribution in [2.75, 3.05) is 0 Å². The molecule has 114 valence electrons. The van der Waals surface area contributed by atoms with Gasteiger partial charge in [-0.15, -0.1) is 0 Å². The maximum atomic E-state index is 4.92. The van der Waals surface area contributed by atoms with Gasteiger partial charge in [0.05, 0.1) is 11.0 Å². The summed E-state index contributed by atoms with van der Waals surface area (Å²) in [7, 11) is 0. The molecule has 0 aliphatic rings. The molecule has 0 saturated carbocycles. The van der Waals surface area contributed by atoms with Crippen molar-refractivity contribution >= 4 is 21.8 Å². The Bertz CT molecular complexity index is 871. The van der Waals surface area contributed by atoms with Gasteiger partial charge in [0.15, 0.2) is 0 Å². The molecule has 2 nitrogen and oxygen atoms in total. The van der Waals surface area contributed by atoms with Crippen LogP contribution in [0.15, 0.2) is 0 Å². The highest BCUT2D eigenvalue weighted by atomic mass is 14.8. The highest BCUT2D eigenvalue weighted by Gasteiger charge is 2.18. The summed E-state index contributed by atoms with van der Waals surface area (Å²) >= 11 is 0. The van der Waals surface area contributed by atoms with Gasteiger partial charge in [-0.2, -0.15) is 0 Å². The molecule has 0 bridgehead atoms. The molecule has 3 aromatic rings. The van der Waals surface area contributed by atoms with E-state index in [1.807, 2.05) is 0 Å². The molecule has 0 aliphatic carbocycles. The number of fused-ring (bicyclic) bond motifs is 3. The Morgan fingerprint density at radius 2 is 0.682 bits per heavy atom. The van der Waals surface area contributed by atoms with Crippen LogP contribution in [0.4, 0.5) is 0 Å². The van der Waals surface area contributed by atoms with Crippen LogP contribution in [0.2, 0.25) is 0 Å². The van der Waals surface area contributed by atoms with Gasteiger partial charge in [0.2, 0.25) is 0 Å². The fourth-order valence-electron chi connectivity index (χ4n) is 3.52. The highest BCUT2D eigenvalue weighted by molar-refractivity contribution is 6.09. The predicted molar refractivity (Wildman–Crippen MR) is 94.9 cm³/mol. The van der Waals surface area contributed by atoms with Crippen LogP contribution in [-0.2, 0) is 0 Å². The van der Waals surface area contributed by atoms with Crippen molar-refractivity contribution < 1.29 is 0 Å². The zero-order valence-electron chi connectivity index (χ0n) is 14.9. The van der Waals surface area contributed by atoms with Gasteiger partial charge >= 0.3 is 0 Å². The van der Waals surface area contributed by atoms with E-state index in [0.29, 0.717) is 0 Å². The largest absolute Gasteiger partial charge is 0.251 e. The Morgan fingerprint density at radius 3 is 1.00 bits per heavy atom. The summed E-state index contributed by atoms with van der Waals surface area (Å²) in [6, 6.07) is 0. The standard InChI is InChI=1S/C20H24N2/c1-9-11(3)17-13(5)14(6)18-12(4)10(2)16(8)22-20(18)19(17)21-15(9)7/h1-8H3. The minimum absolute atomic E-state index is 1.06. The molecule has 0 aliphatic heterocycles. The highest BCUT2D eigenvalue weighted by Crippen LogP contribution is 2.36. The van der Waals surface area contributed by atoms with Crippen LogP contribution in [0, 0.1) is 55.4 Å². The fourth-order valence-corrected chi connectivity index (χ4v) is 3.52. The van der Waals surface area contributed by atoms with Crippen molar-refractivity contribution in [2.24, 2.45) is 0 Å². The van der Waals surface area contributed by atoms with Crippen LogP contribution in [0.3, 0.4) is 0 Å². The molecule has 0 spiro atoms. The normalized spacial score (nSPS) is 11.6. The number of rotatable bonds is 0. The molecule has 2 aromatic heterocycles.